The summed E-state index contributed by atoms with van der Waals surface area (Å²) in [6.07, 6.45) is 0.933. The molecule has 0 saturated carbocycles. The van der Waals surface area contributed by atoms with Crippen LogP contribution in [0.2, 0.25) is 0 Å². The van der Waals surface area contributed by atoms with Crippen LogP contribution in [0.1, 0.15) is 13.3 Å². The molecule has 0 aliphatic rings. The minimum absolute atomic E-state index is 0.0800. The molecule has 28 heavy (non-hydrogen) atoms. The molecule has 1 N–H and O–H groups in total. The zero-order valence-electron chi connectivity index (χ0n) is 15.7. The Morgan fingerprint density at radius 3 is 2.50 bits per heavy atom. The minimum atomic E-state index is -0.230. The molecule has 0 bridgehead atoms. The van der Waals surface area contributed by atoms with Gasteiger partial charge in [-0.05, 0) is 57.7 Å². The molecule has 3 rings (SSSR count). The first-order valence-electron chi connectivity index (χ1n) is 9.16. The van der Waals surface area contributed by atoms with Crippen LogP contribution in [0.4, 0.5) is 5.69 Å². The highest BCUT2D eigenvalue weighted by Gasteiger charge is 2.08. The second-order valence-corrected chi connectivity index (χ2v) is 7.08. The van der Waals surface area contributed by atoms with Gasteiger partial charge in [0.25, 0.3) is 5.91 Å². The van der Waals surface area contributed by atoms with Crippen LogP contribution in [0.25, 0.3) is 11.1 Å². The summed E-state index contributed by atoms with van der Waals surface area (Å²) >= 11 is 3.52. The van der Waals surface area contributed by atoms with Crippen molar-refractivity contribution in [2.24, 2.45) is 0 Å². The Morgan fingerprint density at radius 2 is 1.75 bits per heavy atom. The highest BCUT2D eigenvalue weighted by molar-refractivity contribution is 9.10. The lowest BCUT2D eigenvalue weighted by Crippen LogP contribution is -2.20. The van der Waals surface area contributed by atoms with Crippen molar-refractivity contribution in [1.29, 1.82) is 0 Å². The Labute approximate surface area is 173 Å². The summed E-state index contributed by atoms with van der Waals surface area (Å²) < 4.78 is 12.1. The number of hydrogen-bond donors (Lipinski definition) is 1. The highest BCUT2D eigenvalue weighted by Crippen LogP contribution is 2.30. The molecule has 5 heteroatoms. The normalized spacial score (nSPS) is 10.4. The fourth-order valence-corrected chi connectivity index (χ4v) is 3.15. The minimum Gasteiger partial charge on any atom is -0.494 e. The van der Waals surface area contributed by atoms with Crippen molar-refractivity contribution in [2.45, 2.75) is 13.3 Å². The molecule has 0 aromatic heterocycles. The Morgan fingerprint density at radius 1 is 0.929 bits per heavy atom. The topological polar surface area (TPSA) is 47.6 Å². The molecule has 0 atom stereocenters. The lowest BCUT2D eigenvalue weighted by atomic mass is 10.1. The summed E-state index contributed by atoms with van der Waals surface area (Å²) in [5, 5.41) is 2.83. The number of anilines is 1. The van der Waals surface area contributed by atoms with Crippen molar-refractivity contribution in [2.75, 3.05) is 18.5 Å². The quantitative estimate of drug-likeness (QED) is 0.473. The van der Waals surface area contributed by atoms with E-state index < -0.39 is 0 Å². The van der Waals surface area contributed by atoms with E-state index in [0.717, 1.165) is 27.8 Å². The van der Waals surface area contributed by atoms with Crippen LogP contribution in [-0.2, 0) is 4.79 Å². The van der Waals surface area contributed by atoms with E-state index in [2.05, 4.69) is 21.2 Å². The highest BCUT2D eigenvalue weighted by atomic mass is 79.9. The van der Waals surface area contributed by atoms with E-state index in [0.29, 0.717) is 18.0 Å². The molecule has 4 nitrogen and oxygen atoms in total. The number of benzene rings is 3. The second-order valence-electron chi connectivity index (χ2n) is 6.22. The average Bonchev–Trinajstić information content (AvgIpc) is 2.72. The van der Waals surface area contributed by atoms with Gasteiger partial charge in [-0.25, -0.2) is 0 Å². The maximum atomic E-state index is 12.2. The Bertz CT molecular complexity index is 928. The van der Waals surface area contributed by atoms with Gasteiger partial charge >= 0.3 is 0 Å². The van der Waals surface area contributed by atoms with Crippen LogP contribution >= 0.6 is 15.9 Å². The molecule has 0 fully saturated rings. The summed E-state index contributed by atoms with van der Waals surface area (Å²) in [5.41, 5.74) is 2.88. The number of rotatable bonds is 8. The van der Waals surface area contributed by atoms with Crippen molar-refractivity contribution in [1.82, 2.24) is 0 Å². The first-order valence-corrected chi connectivity index (χ1v) is 9.95. The third kappa shape index (κ3) is 5.60. The van der Waals surface area contributed by atoms with E-state index >= 15 is 0 Å². The number of ether oxygens (including phenoxy) is 2. The van der Waals surface area contributed by atoms with Crippen LogP contribution in [0, 0.1) is 0 Å². The SMILES string of the molecule is CCCOc1cccc(NC(=O)COc2ccc(-c3ccccc3)cc2Br)c1. The maximum absolute atomic E-state index is 12.2. The fraction of sp³-hybridized carbons (Fsp3) is 0.174. The lowest BCUT2D eigenvalue weighted by molar-refractivity contribution is -0.118. The van der Waals surface area contributed by atoms with Gasteiger partial charge in [0, 0.05) is 11.8 Å². The molecule has 3 aromatic carbocycles. The number of carbonyl (C=O) groups excluding carboxylic acids is 1. The third-order valence-electron chi connectivity index (χ3n) is 3.99. The molecule has 3 aromatic rings. The molecule has 1 amide bonds. The molecular formula is C23H22BrNO3. The Hall–Kier alpha value is -2.79. The summed E-state index contributed by atoms with van der Waals surface area (Å²) in [4.78, 5) is 12.2. The van der Waals surface area contributed by atoms with Crippen LogP contribution in [0.15, 0.2) is 77.3 Å². The number of nitrogens with one attached hydrogen (secondary N) is 1. The van der Waals surface area contributed by atoms with Gasteiger partial charge in [-0.1, -0.05) is 49.4 Å². The van der Waals surface area contributed by atoms with E-state index in [9.17, 15) is 4.79 Å². The van der Waals surface area contributed by atoms with Crippen molar-refractivity contribution >= 4 is 27.5 Å². The Kier molecular flexibility index (Phi) is 7.09. The summed E-state index contributed by atoms with van der Waals surface area (Å²) in [6, 6.07) is 23.2. The van der Waals surface area contributed by atoms with Crippen LogP contribution in [0.3, 0.4) is 0 Å². The monoisotopic (exact) mass is 439 g/mol. The van der Waals surface area contributed by atoms with Crippen LogP contribution < -0.4 is 14.8 Å². The van der Waals surface area contributed by atoms with Gasteiger partial charge in [0.05, 0.1) is 11.1 Å². The number of halogens is 1. The average molecular weight is 440 g/mol. The van der Waals surface area contributed by atoms with E-state index in [1.807, 2.05) is 73.7 Å². The van der Waals surface area contributed by atoms with E-state index in [1.165, 1.54) is 0 Å². The number of amides is 1. The van der Waals surface area contributed by atoms with Crippen LogP contribution in [0.5, 0.6) is 11.5 Å². The largest absolute Gasteiger partial charge is 0.494 e. The lowest BCUT2D eigenvalue weighted by Gasteiger charge is -2.11. The molecule has 0 unspecified atom stereocenters. The summed E-state index contributed by atoms with van der Waals surface area (Å²) in [6.45, 7) is 2.62. The van der Waals surface area contributed by atoms with Crippen molar-refractivity contribution < 1.29 is 14.3 Å². The number of hydrogen-bond acceptors (Lipinski definition) is 3. The fourth-order valence-electron chi connectivity index (χ4n) is 2.65. The van der Waals surface area contributed by atoms with Gasteiger partial charge in [0.1, 0.15) is 11.5 Å². The van der Waals surface area contributed by atoms with Gasteiger partial charge in [-0.3, -0.25) is 4.79 Å². The van der Waals surface area contributed by atoms with Gasteiger partial charge in [-0.2, -0.15) is 0 Å². The molecular weight excluding hydrogens is 418 g/mol. The first kappa shape index (κ1) is 20.0. The zero-order valence-corrected chi connectivity index (χ0v) is 17.2. The predicted octanol–water partition coefficient (Wildman–Crippen LogP) is 5.92. The standard InChI is InChI=1S/C23H22BrNO3/c1-2-13-27-20-10-6-9-19(15-20)25-23(26)16-28-22-12-11-18(14-21(22)24)17-7-4-3-5-8-17/h3-12,14-15H,2,13,16H2,1H3,(H,25,26). The van der Waals surface area contributed by atoms with Crippen molar-refractivity contribution in [3.63, 3.8) is 0 Å². The predicted molar refractivity (Wildman–Crippen MR) is 116 cm³/mol. The van der Waals surface area contributed by atoms with Gasteiger partial charge in [-0.15, -0.1) is 0 Å². The maximum Gasteiger partial charge on any atom is 0.262 e. The summed E-state index contributed by atoms with van der Waals surface area (Å²) in [5.74, 6) is 1.13. The van der Waals surface area contributed by atoms with E-state index in [1.54, 1.807) is 6.07 Å². The molecule has 0 heterocycles. The van der Waals surface area contributed by atoms with Crippen molar-refractivity contribution in [3.8, 4) is 22.6 Å². The van der Waals surface area contributed by atoms with E-state index in [4.69, 9.17) is 9.47 Å². The third-order valence-corrected chi connectivity index (χ3v) is 4.61. The first-order chi connectivity index (χ1) is 13.7. The van der Waals surface area contributed by atoms with E-state index in [-0.39, 0.29) is 12.5 Å². The van der Waals surface area contributed by atoms with Crippen LogP contribution in [-0.4, -0.2) is 19.1 Å². The molecule has 0 aliphatic carbocycles. The molecule has 0 aliphatic heterocycles. The van der Waals surface area contributed by atoms with Gasteiger partial charge in [0.2, 0.25) is 0 Å². The molecule has 0 radical (unpaired) electrons. The zero-order chi connectivity index (χ0) is 19.8. The van der Waals surface area contributed by atoms with Gasteiger partial charge in [0.15, 0.2) is 6.61 Å². The Balaban J connectivity index is 1.57. The smallest absolute Gasteiger partial charge is 0.262 e. The van der Waals surface area contributed by atoms with Crippen molar-refractivity contribution in [3.05, 3.63) is 77.3 Å². The molecule has 0 saturated heterocycles. The summed E-state index contributed by atoms with van der Waals surface area (Å²) in [7, 11) is 0. The second kappa shape index (κ2) is 9.95. The molecule has 144 valence electrons. The van der Waals surface area contributed by atoms with Gasteiger partial charge < -0.3 is 14.8 Å². The number of carbonyl (C=O) groups is 1. The molecule has 0 spiro atoms.